The smallest absolute Gasteiger partial charge is 0.370 e. The SMILES string of the molecule is O=C(Nc1cc(C(F)(F)F)ccc1N1CCCCC1)c1cn(-c2ccccc2)nc1-c1ccc(Br)cc1. The second-order valence-electron chi connectivity index (χ2n) is 8.91. The molecule has 0 aliphatic carbocycles. The lowest BCUT2D eigenvalue weighted by molar-refractivity contribution is -0.137. The minimum atomic E-state index is -4.53. The third-order valence-electron chi connectivity index (χ3n) is 6.37. The van der Waals surface area contributed by atoms with E-state index >= 15 is 0 Å². The number of aromatic nitrogens is 2. The van der Waals surface area contributed by atoms with Gasteiger partial charge in [-0.15, -0.1) is 0 Å². The molecule has 2 heterocycles. The predicted molar refractivity (Wildman–Crippen MR) is 142 cm³/mol. The molecule has 0 radical (unpaired) electrons. The van der Waals surface area contributed by atoms with E-state index in [1.165, 1.54) is 6.07 Å². The molecule has 0 unspecified atom stereocenters. The second-order valence-corrected chi connectivity index (χ2v) is 9.83. The van der Waals surface area contributed by atoms with E-state index in [4.69, 9.17) is 0 Å². The summed E-state index contributed by atoms with van der Waals surface area (Å²) in [7, 11) is 0. The van der Waals surface area contributed by atoms with Gasteiger partial charge in [0.25, 0.3) is 5.91 Å². The fourth-order valence-electron chi connectivity index (χ4n) is 4.49. The van der Waals surface area contributed by atoms with Crippen molar-refractivity contribution in [2.24, 2.45) is 0 Å². The van der Waals surface area contributed by atoms with Gasteiger partial charge in [0.2, 0.25) is 0 Å². The van der Waals surface area contributed by atoms with Gasteiger partial charge in [0.15, 0.2) is 0 Å². The van der Waals surface area contributed by atoms with Crippen LogP contribution in [0.2, 0.25) is 0 Å². The summed E-state index contributed by atoms with van der Waals surface area (Å²) in [5, 5.41) is 7.44. The molecule has 1 fully saturated rings. The Morgan fingerprint density at radius 2 is 1.62 bits per heavy atom. The fraction of sp³-hybridized carbons (Fsp3) is 0.214. The summed E-state index contributed by atoms with van der Waals surface area (Å²) >= 11 is 3.42. The number of para-hydroxylation sites is 1. The van der Waals surface area contributed by atoms with Crippen molar-refractivity contribution in [1.82, 2.24) is 9.78 Å². The molecule has 9 heteroatoms. The fourth-order valence-corrected chi connectivity index (χ4v) is 4.75. The normalized spacial score (nSPS) is 14.0. The number of alkyl halides is 3. The highest BCUT2D eigenvalue weighted by atomic mass is 79.9. The van der Waals surface area contributed by atoms with Crippen LogP contribution in [0.4, 0.5) is 24.5 Å². The molecular weight excluding hydrogens is 545 g/mol. The Hall–Kier alpha value is -3.59. The van der Waals surface area contributed by atoms with Gasteiger partial charge in [-0.05, 0) is 61.7 Å². The van der Waals surface area contributed by atoms with Crippen LogP contribution in [0.15, 0.2) is 83.5 Å². The Labute approximate surface area is 221 Å². The summed E-state index contributed by atoms with van der Waals surface area (Å²) in [6.45, 7) is 1.45. The van der Waals surface area contributed by atoms with Crippen molar-refractivity contribution >= 4 is 33.2 Å². The molecule has 0 bridgehead atoms. The molecule has 1 N–H and O–H groups in total. The lowest BCUT2D eigenvalue weighted by Gasteiger charge is -2.31. The van der Waals surface area contributed by atoms with Crippen molar-refractivity contribution in [3.63, 3.8) is 0 Å². The summed E-state index contributed by atoms with van der Waals surface area (Å²) in [5.41, 5.74) is 2.07. The number of carbonyl (C=O) groups is 1. The number of nitrogens with one attached hydrogen (secondary N) is 1. The van der Waals surface area contributed by atoms with E-state index in [1.54, 1.807) is 10.9 Å². The van der Waals surface area contributed by atoms with Gasteiger partial charge in [0.05, 0.1) is 28.2 Å². The molecule has 37 heavy (non-hydrogen) atoms. The van der Waals surface area contributed by atoms with Crippen LogP contribution < -0.4 is 10.2 Å². The van der Waals surface area contributed by atoms with Crippen LogP contribution in [0, 0.1) is 0 Å². The molecule has 1 amide bonds. The molecule has 0 saturated carbocycles. The van der Waals surface area contributed by atoms with Crippen molar-refractivity contribution < 1.29 is 18.0 Å². The van der Waals surface area contributed by atoms with Crippen LogP contribution >= 0.6 is 15.9 Å². The maximum Gasteiger partial charge on any atom is 0.416 e. The topological polar surface area (TPSA) is 50.2 Å². The Kier molecular flexibility index (Phi) is 7.06. The zero-order chi connectivity index (χ0) is 26.0. The molecule has 0 atom stereocenters. The maximum absolute atomic E-state index is 13.6. The molecular formula is C28H24BrF3N4O. The molecule has 1 saturated heterocycles. The van der Waals surface area contributed by atoms with Gasteiger partial charge in [0.1, 0.15) is 5.69 Å². The zero-order valence-corrected chi connectivity index (χ0v) is 21.4. The van der Waals surface area contributed by atoms with Gasteiger partial charge in [0, 0.05) is 29.3 Å². The average Bonchev–Trinajstić information content (AvgIpc) is 3.35. The maximum atomic E-state index is 13.6. The van der Waals surface area contributed by atoms with E-state index in [2.05, 4.69) is 26.3 Å². The van der Waals surface area contributed by atoms with Crippen LogP contribution in [-0.4, -0.2) is 28.8 Å². The molecule has 190 valence electrons. The highest BCUT2D eigenvalue weighted by Crippen LogP contribution is 2.37. The Bertz CT molecular complexity index is 1400. The number of halogens is 4. The van der Waals surface area contributed by atoms with Crippen molar-refractivity contribution in [2.75, 3.05) is 23.3 Å². The summed E-state index contributed by atoms with van der Waals surface area (Å²) in [6.07, 6.45) is 0.0584. The molecule has 1 aliphatic heterocycles. The highest BCUT2D eigenvalue weighted by Gasteiger charge is 2.32. The lowest BCUT2D eigenvalue weighted by Crippen LogP contribution is -2.30. The first kappa shape index (κ1) is 25.1. The minimum Gasteiger partial charge on any atom is -0.370 e. The highest BCUT2D eigenvalue weighted by molar-refractivity contribution is 9.10. The molecule has 0 spiro atoms. The molecule has 4 aromatic rings. The molecule has 3 aromatic carbocycles. The van der Waals surface area contributed by atoms with Crippen LogP contribution in [-0.2, 0) is 6.18 Å². The Morgan fingerprint density at radius 3 is 2.30 bits per heavy atom. The van der Waals surface area contributed by atoms with E-state index < -0.39 is 17.6 Å². The second kappa shape index (κ2) is 10.4. The van der Waals surface area contributed by atoms with Crippen molar-refractivity contribution in [3.05, 3.63) is 94.6 Å². The van der Waals surface area contributed by atoms with Crippen molar-refractivity contribution in [2.45, 2.75) is 25.4 Å². The van der Waals surface area contributed by atoms with E-state index in [1.807, 2.05) is 59.5 Å². The van der Waals surface area contributed by atoms with Gasteiger partial charge < -0.3 is 10.2 Å². The number of amides is 1. The predicted octanol–water partition coefficient (Wildman–Crippen LogP) is 7.56. The number of hydrogen-bond donors (Lipinski definition) is 1. The standard InChI is InChI=1S/C28H24BrF3N4O/c29-21-12-9-19(10-13-21)26-23(18-36(34-26)22-7-3-1-4-8-22)27(37)33-24-17-20(28(30,31)32)11-14-25(24)35-15-5-2-6-16-35/h1,3-4,7-14,17-18H,2,5-6,15-16H2,(H,33,37). The largest absolute Gasteiger partial charge is 0.416 e. The first-order valence-corrected chi connectivity index (χ1v) is 12.8. The number of anilines is 2. The first-order valence-electron chi connectivity index (χ1n) is 12.0. The number of rotatable bonds is 5. The van der Waals surface area contributed by atoms with E-state index in [0.717, 1.165) is 54.6 Å². The third-order valence-corrected chi connectivity index (χ3v) is 6.89. The van der Waals surface area contributed by atoms with Crippen molar-refractivity contribution in [1.29, 1.82) is 0 Å². The number of nitrogens with zero attached hydrogens (tertiary/aromatic N) is 3. The first-order chi connectivity index (χ1) is 17.8. The van der Waals surface area contributed by atoms with E-state index in [0.29, 0.717) is 16.9 Å². The van der Waals surface area contributed by atoms with E-state index in [9.17, 15) is 18.0 Å². The Balaban J connectivity index is 1.56. The zero-order valence-electron chi connectivity index (χ0n) is 19.8. The van der Waals surface area contributed by atoms with E-state index in [-0.39, 0.29) is 11.3 Å². The lowest BCUT2D eigenvalue weighted by atomic mass is 10.1. The van der Waals surface area contributed by atoms with Crippen LogP contribution in [0.1, 0.15) is 35.2 Å². The molecule has 1 aliphatic rings. The monoisotopic (exact) mass is 568 g/mol. The quantitative estimate of drug-likeness (QED) is 0.270. The summed E-state index contributed by atoms with van der Waals surface area (Å²) < 4.78 is 43.2. The van der Waals surface area contributed by atoms with Gasteiger partial charge in [-0.3, -0.25) is 4.79 Å². The minimum absolute atomic E-state index is 0.135. The van der Waals surface area contributed by atoms with Crippen molar-refractivity contribution in [3.8, 4) is 16.9 Å². The number of hydrogen-bond acceptors (Lipinski definition) is 3. The van der Waals surface area contributed by atoms with Crippen LogP contribution in [0.3, 0.4) is 0 Å². The third kappa shape index (κ3) is 5.56. The number of benzene rings is 3. The van der Waals surface area contributed by atoms with Gasteiger partial charge in [-0.1, -0.05) is 46.3 Å². The molecule has 5 rings (SSSR count). The summed E-state index contributed by atoms with van der Waals surface area (Å²) in [6, 6.07) is 20.2. The summed E-state index contributed by atoms with van der Waals surface area (Å²) in [4.78, 5) is 15.7. The molecule has 1 aromatic heterocycles. The number of carbonyl (C=O) groups excluding carboxylic acids is 1. The van der Waals surface area contributed by atoms with Gasteiger partial charge >= 0.3 is 6.18 Å². The van der Waals surface area contributed by atoms with Crippen LogP contribution in [0.5, 0.6) is 0 Å². The van der Waals surface area contributed by atoms with Gasteiger partial charge in [-0.2, -0.15) is 18.3 Å². The summed E-state index contributed by atoms with van der Waals surface area (Å²) in [5.74, 6) is -0.530. The van der Waals surface area contributed by atoms with Gasteiger partial charge in [-0.25, -0.2) is 4.68 Å². The average molecular weight is 569 g/mol. The molecule has 5 nitrogen and oxygen atoms in total. The van der Waals surface area contributed by atoms with Crippen LogP contribution in [0.25, 0.3) is 16.9 Å². The number of piperidine rings is 1. The Morgan fingerprint density at radius 1 is 0.919 bits per heavy atom.